The Hall–Kier alpha value is -1.89. The standard InChI is InChI=1S/C12H12FNO2/c1-16-12(15)7-6-9(8-14)10-4-2-3-5-11(10)13/h2-5,9H,6-7H2,1H3/t9-/m1/s1. The van der Waals surface area contributed by atoms with E-state index in [1.165, 1.54) is 13.2 Å². The van der Waals surface area contributed by atoms with Gasteiger partial charge in [-0.3, -0.25) is 4.79 Å². The van der Waals surface area contributed by atoms with Gasteiger partial charge < -0.3 is 4.74 Å². The third kappa shape index (κ3) is 3.06. The summed E-state index contributed by atoms with van der Waals surface area (Å²) in [6.07, 6.45) is 0.382. The molecule has 0 radical (unpaired) electrons. The van der Waals surface area contributed by atoms with Gasteiger partial charge in [0.1, 0.15) is 5.82 Å². The van der Waals surface area contributed by atoms with E-state index in [0.717, 1.165) is 0 Å². The summed E-state index contributed by atoms with van der Waals surface area (Å²) in [6.45, 7) is 0. The minimum absolute atomic E-state index is 0.114. The van der Waals surface area contributed by atoms with Gasteiger partial charge in [-0.1, -0.05) is 18.2 Å². The number of halogens is 1. The van der Waals surface area contributed by atoms with Crippen LogP contribution in [0, 0.1) is 17.1 Å². The van der Waals surface area contributed by atoms with Crippen molar-refractivity contribution >= 4 is 5.97 Å². The Morgan fingerprint density at radius 3 is 2.81 bits per heavy atom. The number of nitrogens with zero attached hydrogens (tertiary/aromatic N) is 1. The maximum Gasteiger partial charge on any atom is 0.305 e. The Bertz CT molecular complexity index is 412. The lowest BCUT2D eigenvalue weighted by Gasteiger charge is -2.09. The van der Waals surface area contributed by atoms with Crippen LogP contribution < -0.4 is 0 Å². The molecule has 0 aromatic heterocycles. The number of methoxy groups -OCH3 is 1. The quantitative estimate of drug-likeness (QED) is 0.733. The molecule has 1 aromatic rings. The molecule has 0 unspecified atom stereocenters. The van der Waals surface area contributed by atoms with Crippen LogP contribution >= 0.6 is 0 Å². The number of esters is 1. The van der Waals surface area contributed by atoms with E-state index in [1.807, 2.05) is 6.07 Å². The molecular weight excluding hydrogens is 209 g/mol. The SMILES string of the molecule is COC(=O)CC[C@H](C#N)c1ccccc1F. The van der Waals surface area contributed by atoms with Crippen molar-refractivity contribution in [3.63, 3.8) is 0 Å². The summed E-state index contributed by atoms with van der Waals surface area (Å²) in [7, 11) is 1.28. The Morgan fingerprint density at radius 1 is 1.56 bits per heavy atom. The molecule has 4 heteroatoms. The van der Waals surface area contributed by atoms with E-state index >= 15 is 0 Å². The second-order valence-electron chi connectivity index (χ2n) is 3.32. The van der Waals surface area contributed by atoms with E-state index < -0.39 is 17.7 Å². The van der Waals surface area contributed by atoms with Crippen molar-refractivity contribution in [3.8, 4) is 6.07 Å². The second-order valence-corrected chi connectivity index (χ2v) is 3.32. The number of hydrogen-bond donors (Lipinski definition) is 0. The molecular formula is C12H12FNO2. The fraction of sp³-hybridized carbons (Fsp3) is 0.333. The van der Waals surface area contributed by atoms with Crippen LogP contribution in [0.5, 0.6) is 0 Å². The minimum Gasteiger partial charge on any atom is -0.469 e. The number of hydrogen-bond acceptors (Lipinski definition) is 3. The van der Waals surface area contributed by atoms with Crippen molar-refractivity contribution in [1.29, 1.82) is 5.26 Å². The van der Waals surface area contributed by atoms with Crippen LogP contribution in [-0.2, 0) is 9.53 Å². The molecule has 1 atom stereocenters. The van der Waals surface area contributed by atoms with E-state index in [4.69, 9.17) is 5.26 Å². The number of ether oxygens (including phenoxy) is 1. The first-order chi connectivity index (χ1) is 7.69. The summed E-state index contributed by atoms with van der Waals surface area (Å²) in [4.78, 5) is 10.9. The minimum atomic E-state index is -0.611. The zero-order valence-corrected chi connectivity index (χ0v) is 8.94. The third-order valence-corrected chi connectivity index (χ3v) is 2.30. The predicted octanol–water partition coefficient (Wildman–Crippen LogP) is 2.39. The van der Waals surface area contributed by atoms with E-state index in [2.05, 4.69) is 4.74 Å². The summed E-state index contributed by atoms with van der Waals surface area (Å²) >= 11 is 0. The summed E-state index contributed by atoms with van der Waals surface area (Å²) in [5.74, 6) is -1.42. The molecule has 0 fully saturated rings. The van der Waals surface area contributed by atoms with E-state index in [-0.39, 0.29) is 12.8 Å². The van der Waals surface area contributed by atoms with E-state index in [9.17, 15) is 9.18 Å². The lowest BCUT2D eigenvalue weighted by Crippen LogP contribution is -2.05. The molecule has 0 aliphatic carbocycles. The molecule has 84 valence electrons. The van der Waals surface area contributed by atoms with Gasteiger partial charge in [0.25, 0.3) is 0 Å². The van der Waals surface area contributed by atoms with Gasteiger partial charge in [-0.05, 0) is 12.5 Å². The zero-order chi connectivity index (χ0) is 12.0. The fourth-order valence-electron chi connectivity index (χ4n) is 1.41. The van der Waals surface area contributed by atoms with Crippen LogP contribution in [0.25, 0.3) is 0 Å². The van der Waals surface area contributed by atoms with Crippen molar-refractivity contribution in [2.45, 2.75) is 18.8 Å². The lowest BCUT2D eigenvalue weighted by atomic mass is 9.95. The monoisotopic (exact) mass is 221 g/mol. The molecule has 0 N–H and O–H groups in total. The Labute approximate surface area is 93.5 Å². The molecule has 1 aromatic carbocycles. The highest BCUT2D eigenvalue weighted by atomic mass is 19.1. The average molecular weight is 221 g/mol. The van der Waals surface area contributed by atoms with Gasteiger partial charge in [-0.15, -0.1) is 0 Å². The summed E-state index contributed by atoms with van der Waals surface area (Å²) in [6, 6.07) is 8.08. The predicted molar refractivity (Wildman–Crippen MR) is 56.0 cm³/mol. The molecule has 3 nitrogen and oxygen atoms in total. The first kappa shape index (κ1) is 12.2. The fourth-order valence-corrected chi connectivity index (χ4v) is 1.41. The van der Waals surface area contributed by atoms with Crippen LogP contribution in [0.1, 0.15) is 24.3 Å². The van der Waals surface area contributed by atoms with E-state index in [1.54, 1.807) is 18.2 Å². The normalized spacial score (nSPS) is 11.6. The maximum atomic E-state index is 13.4. The summed E-state index contributed by atoms with van der Waals surface area (Å²) in [5.41, 5.74) is 0.328. The molecule has 1 rings (SSSR count). The third-order valence-electron chi connectivity index (χ3n) is 2.30. The highest BCUT2D eigenvalue weighted by Gasteiger charge is 2.16. The van der Waals surface area contributed by atoms with Crippen LogP contribution in [0.4, 0.5) is 4.39 Å². The van der Waals surface area contributed by atoms with Gasteiger partial charge >= 0.3 is 5.97 Å². The molecule has 0 aliphatic rings. The Balaban J connectivity index is 2.73. The lowest BCUT2D eigenvalue weighted by molar-refractivity contribution is -0.140. The molecule has 0 heterocycles. The first-order valence-corrected chi connectivity index (χ1v) is 4.90. The second kappa shape index (κ2) is 5.86. The number of nitriles is 1. The van der Waals surface area contributed by atoms with Crippen molar-refractivity contribution in [2.75, 3.05) is 7.11 Å². The van der Waals surface area contributed by atoms with Crippen LogP contribution in [-0.4, -0.2) is 13.1 Å². The molecule has 0 spiro atoms. The topological polar surface area (TPSA) is 50.1 Å². The van der Waals surface area contributed by atoms with Gasteiger partial charge in [0, 0.05) is 12.0 Å². The maximum absolute atomic E-state index is 13.4. The molecule has 0 amide bonds. The van der Waals surface area contributed by atoms with Crippen molar-refractivity contribution in [2.24, 2.45) is 0 Å². The summed E-state index contributed by atoms with van der Waals surface area (Å²) in [5, 5.41) is 8.92. The average Bonchev–Trinajstić information content (AvgIpc) is 2.31. The highest BCUT2D eigenvalue weighted by molar-refractivity contribution is 5.69. The molecule has 0 bridgehead atoms. The van der Waals surface area contributed by atoms with Crippen LogP contribution in [0.3, 0.4) is 0 Å². The first-order valence-electron chi connectivity index (χ1n) is 4.90. The van der Waals surface area contributed by atoms with Crippen LogP contribution in [0.15, 0.2) is 24.3 Å². The van der Waals surface area contributed by atoms with Crippen molar-refractivity contribution in [3.05, 3.63) is 35.6 Å². The number of carbonyl (C=O) groups excluding carboxylic acids is 1. The number of rotatable bonds is 4. The Kier molecular flexibility index (Phi) is 4.46. The van der Waals surface area contributed by atoms with Crippen molar-refractivity contribution < 1.29 is 13.9 Å². The van der Waals surface area contributed by atoms with Crippen molar-refractivity contribution in [1.82, 2.24) is 0 Å². The Morgan fingerprint density at radius 2 is 2.25 bits per heavy atom. The smallest absolute Gasteiger partial charge is 0.305 e. The largest absolute Gasteiger partial charge is 0.469 e. The highest BCUT2D eigenvalue weighted by Crippen LogP contribution is 2.23. The van der Waals surface area contributed by atoms with Gasteiger partial charge in [0.05, 0.1) is 19.1 Å². The zero-order valence-electron chi connectivity index (χ0n) is 8.94. The number of carbonyl (C=O) groups is 1. The van der Waals surface area contributed by atoms with Gasteiger partial charge in [0.15, 0.2) is 0 Å². The van der Waals surface area contributed by atoms with E-state index in [0.29, 0.717) is 5.56 Å². The van der Waals surface area contributed by atoms with Gasteiger partial charge in [0.2, 0.25) is 0 Å². The molecule has 16 heavy (non-hydrogen) atoms. The van der Waals surface area contributed by atoms with Crippen LogP contribution in [0.2, 0.25) is 0 Å². The molecule has 0 saturated heterocycles. The molecule has 0 aliphatic heterocycles. The summed E-state index contributed by atoms with van der Waals surface area (Å²) < 4.78 is 17.8. The number of benzene rings is 1. The molecule has 0 saturated carbocycles. The van der Waals surface area contributed by atoms with Gasteiger partial charge in [-0.2, -0.15) is 5.26 Å². The van der Waals surface area contributed by atoms with Gasteiger partial charge in [-0.25, -0.2) is 4.39 Å².